The Labute approximate surface area is 147 Å². The molecule has 1 aromatic heterocycles. The van der Waals surface area contributed by atoms with Crippen molar-refractivity contribution >= 4 is 11.3 Å². The van der Waals surface area contributed by atoms with Crippen LogP contribution in [0.2, 0.25) is 0 Å². The number of aliphatic hydroxyl groups excluding tert-OH is 1. The molecular formula is C19H25N3OS. The predicted octanol–water partition coefficient (Wildman–Crippen LogP) is 2.14. The molecule has 5 heteroatoms. The molecule has 1 aliphatic heterocycles. The number of β-amino-alcohol motifs (C(OH)–C–C–N with tert-alkyl or cyclic N) is 1. The van der Waals surface area contributed by atoms with E-state index in [0.717, 1.165) is 39.0 Å². The van der Waals surface area contributed by atoms with Crippen molar-refractivity contribution in [1.29, 1.82) is 0 Å². The number of aliphatic hydroxyl groups is 1. The summed E-state index contributed by atoms with van der Waals surface area (Å²) < 4.78 is 0. The smallest absolute Gasteiger partial charge is 0.107 e. The number of hydrogen-bond donors (Lipinski definition) is 2. The first-order valence-electron chi connectivity index (χ1n) is 8.93. The summed E-state index contributed by atoms with van der Waals surface area (Å²) in [6.45, 7) is 4.12. The molecular weight excluding hydrogens is 318 g/mol. The fraction of sp³-hybridized carbons (Fsp3) is 0.526. The van der Waals surface area contributed by atoms with Gasteiger partial charge in [0.2, 0.25) is 0 Å². The highest BCUT2D eigenvalue weighted by molar-refractivity contribution is 7.11. The standard InChI is InChI=1S/C19H25N3OS/c23-16(10-20-11-19-21-17-6-3-7-18(17)24-19)13-22-9-8-14-4-1-2-5-15(14)12-22/h1-2,4-5,16,20,23H,3,6-13H2. The Morgan fingerprint density at radius 1 is 1.21 bits per heavy atom. The molecule has 1 aromatic carbocycles. The van der Waals surface area contributed by atoms with Crippen molar-refractivity contribution in [1.82, 2.24) is 15.2 Å². The number of aromatic nitrogens is 1. The number of thiazole rings is 1. The second-order valence-corrected chi connectivity index (χ2v) is 8.04. The molecule has 0 radical (unpaired) electrons. The largest absolute Gasteiger partial charge is 0.390 e. The van der Waals surface area contributed by atoms with Gasteiger partial charge >= 0.3 is 0 Å². The van der Waals surface area contributed by atoms with Gasteiger partial charge in [-0.1, -0.05) is 24.3 Å². The normalized spacial score (nSPS) is 18.4. The molecule has 0 bridgehead atoms. The predicted molar refractivity (Wildman–Crippen MR) is 97.3 cm³/mol. The molecule has 0 spiro atoms. The van der Waals surface area contributed by atoms with Crippen molar-refractivity contribution in [3.63, 3.8) is 0 Å². The zero-order valence-electron chi connectivity index (χ0n) is 14.0. The average molecular weight is 343 g/mol. The van der Waals surface area contributed by atoms with Crippen molar-refractivity contribution in [2.75, 3.05) is 19.6 Å². The molecule has 1 aliphatic carbocycles. The first kappa shape index (κ1) is 16.2. The summed E-state index contributed by atoms with van der Waals surface area (Å²) in [4.78, 5) is 8.52. The van der Waals surface area contributed by atoms with E-state index >= 15 is 0 Å². The number of fused-ring (bicyclic) bond motifs is 2. The Morgan fingerprint density at radius 3 is 2.96 bits per heavy atom. The highest BCUT2D eigenvalue weighted by Gasteiger charge is 2.19. The molecule has 0 amide bonds. The van der Waals surface area contributed by atoms with E-state index < -0.39 is 0 Å². The molecule has 0 saturated heterocycles. The van der Waals surface area contributed by atoms with E-state index in [-0.39, 0.29) is 6.10 Å². The molecule has 2 aromatic rings. The van der Waals surface area contributed by atoms with E-state index in [0.29, 0.717) is 6.54 Å². The third kappa shape index (κ3) is 3.70. The van der Waals surface area contributed by atoms with Gasteiger partial charge in [0.05, 0.1) is 11.8 Å². The molecule has 128 valence electrons. The zero-order valence-corrected chi connectivity index (χ0v) is 14.8. The van der Waals surface area contributed by atoms with Crippen molar-refractivity contribution in [3.8, 4) is 0 Å². The zero-order chi connectivity index (χ0) is 16.4. The maximum Gasteiger partial charge on any atom is 0.107 e. The summed E-state index contributed by atoms with van der Waals surface area (Å²) >= 11 is 1.84. The topological polar surface area (TPSA) is 48.4 Å². The van der Waals surface area contributed by atoms with Crippen LogP contribution in [0.15, 0.2) is 24.3 Å². The summed E-state index contributed by atoms with van der Waals surface area (Å²) in [5, 5.41) is 14.9. The molecule has 1 unspecified atom stereocenters. The van der Waals surface area contributed by atoms with Crippen molar-refractivity contribution < 1.29 is 5.11 Å². The Kier molecular flexibility index (Phi) is 4.94. The first-order chi connectivity index (χ1) is 11.8. The average Bonchev–Trinajstić information content (AvgIpc) is 3.16. The van der Waals surface area contributed by atoms with Gasteiger partial charge in [-0.3, -0.25) is 4.90 Å². The maximum absolute atomic E-state index is 10.3. The van der Waals surface area contributed by atoms with E-state index in [9.17, 15) is 5.11 Å². The van der Waals surface area contributed by atoms with E-state index in [1.165, 1.54) is 39.5 Å². The monoisotopic (exact) mass is 343 g/mol. The van der Waals surface area contributed by atoms with Crippen molar-refractivity contribution in [2.24, 2.45) is 0 Å². The minimum Gasteiger partial charge on any atom is -0.390 e. The molecule has 1 atom stereocenters. The molecule has 2 aliphatic rings. The van der Waals surface area contributed by atoms with Crippen molar-refractivity contribution in [2.45, 2.75) is 44.9 Å². The number of benzene rings is 1. The number of rotatable bonds is 6. The number of nitrogens with one attached hydrogen (secondary N) is 1. The second-order valence-electron chi connectivity index (χ2n) is 6.87. The molecule has 24 heavy (non-hydrogen) atoms. The minimum absolute atomic E-state index is 0.331. The van der Waals surface area contributed by atoms with Crippen LogP contribution in [0.1, 0.15) is 33.1 Å². The van der Waals surface area contributed by atoms with Crippen LogP contribution in [0.25, 0.3) is 0 Å². The fourth-order valence-corrected chi connectivity index (χ4v) is 4.86. The van der Waals surface area contributed by atoms with Gasteiger partial charge in [0.15, 0.2) is 0 Å². The molecule has 4 rings (SSSR count). The fourth-order valence-electron chi connectivity index (χ4n) is 3.74. The summed E-state index contributed by atoms with van der Waals surface area (Å²) in [5.41, 5.74) is 4.17. The summed E-state index contributed by atoms with van der Waals surface area (Å²) in [5.74, 6) is 0. The van der Waals surface area contributed by atoms with Gasteiger partial charge in [-0.05, 0) is 36.8 Å². The van der Waals surface area contributed by atoms with E-state index in [4.69, 9.17) is 4.98 Å². The van der Waals surface area contributed by atoms with Crippen LogP contribution in [0, 0.1) is 0 Å². The Balaban J connectivity index is 1.21. The third-order valence-corrected chi connectivity index (χ3v) is 6.13. The Bertz CT molecular complexity index is 678. The van der Waals surface area contributed by atoms with E-state index in [1.807, 2.05) is 11.3 Å². The number of aryl methyl sites for hydroxylation is 2. The van der Waals surface area contributed by atoms with Crippen LogP contribution in [0.3, 0.4) is 0 Å². The van der Waals surface area contributed by atoms with Crippen LogP contribution >= 0.6 is 11.3 Å². The highest BCUT2D eigenvalue weighted by atomic mass is 32.1. The van der Waals surface area contributed by atoms with Gasteiger partial charge in [0, 0.05) is 37.6 Å². The van der Waals surface area contributed by atoms with Crippen LogP contribution < -0.4 is 5.32 Å². The van der Waals surface area contributed by atoms with Crippen molar-refractivity contribution in [3.05, 3.63) is 51.0 Å². The van der Waals surface area contributed by atoms with Crippen LogP contribution in [-0.2, 0) is 32.4 Å². The highest BCUT2D eigenvalue weighted by Crippen LogP contribution is 2.27. The minimum atomic E-state index is -0.331. The van der Waals surface area contributed by atoms with E-state index in [2.05, 4.69) is 34.5 Å². The summed E-state index contributed by atoms with van der Waals surface area (Å²) in [6.07, 6.45) is 4.36. The molecule has 2 N–H and O–H groups in total. The summed E-state index contributed by atoms with van der Waals surface area (Å²) in [7, 11) is 0. The van der Waals surface area contributed by atoms with Crippen LogP contribution in [0.5, 0.6) is 0 Å². The Hall–Kier alpha value is -1.27. The number of hydrogen-bond acceptors (Lipinski definition) is 5. The van der Waals surface area contributed by atoms with Gasteiger partial charge in [0.1, 0.15) is 5.01 Å². The van der Waals surface area contributed by atoms with Gasteiger partial charge in [-0.2, -0.15) is 0 Å². The summed E-state index contributed by atoms with van der Waals surface area (Å²) in [6, 6.07) is 8.64. The lowest BCUT2D eigenvalue weighted by Gasteiger charge is -2.30. The first-order valence-corrected chi connectivity index (χ1v) is 9.75. The number of nitrogens with zero attached hydrogens (tertiary/aromatic N) is 2. The van der Waals surface area contributed by atoms with Crippen LogP contribution in [-0.4, -0.2) is 40.7 Å². The quantitative estimate of drug-likeness (QED) is 0.844. The Morgan fingerprint density at radius 2 is 2.08 bits per heavy atom. The van der Waals surface area contributed by atoms with Gasteiger partial charge in [-0.25, -0.2) is 4.98 Å². The maximum atomic E-state index is 10.3. The van der Waals surface area contributed by atoms with Gasteiger partial charge in [0.25, 0.3) is 0 Å². The second kappa shape index (κ2) is 7.31. The lowest BCUT2D eigenvalue weighted by molar-refractivity contribution is 0.104. The SMILES string of the molecule is OC(CNCc1nc2c(s1)CCC2)CN1CCc2ccccc2C1. The third-order valence-electron chi connectivity index (χ3n) is 4.97. The lowest BCUT2D eigenvalue weighted by Crippen LogP contribution is -2.40. The lowest BCUT2D eigenvalue weighted by atomic mass is 10.00. The molecule has 2 heterocycles. The molecule has 0 saturated carbocycles. The van der Waals surface area contributed by atoms with Gasteiger partial charge in [-0.15, -0.1) is 11.3 Å². The molecule has 4 nitrogen and oxygen atoms in total. The van der Waals surface area contributed by atoms with Gasteiger partial charge < -0.3 is 10.4 Å². The molecule has 0 fully saturated rings. The van der Waals surface area contributed by atoms with E-state index in [1.54, 1.807) is 0 Å². The van der Waals surface area contributed by atoms with Crippen LogP contribution in [0.4, 0.5) is 0 Å².